The van der Waals surface area contributed by atoms with Gasteiger partial charge in [0.1, 0.15) is 0 Å². The first-order chi connectivity index (χ1) is 12.0. The number of amides is 1. The average Bonchev–Trinajstić information content (AvgIpc) is 3.24. The highest BCUT2D eigenvalue weighted by Crippen LogP contribution is 2.33. The molecule has 1 N–H and O–H groups in total. The quantitative estimate of drug-likeness (QED) is 0.911. The lowest BCUT2D eigenvalue weighted by atomic mass is 10.1. The van der Waals surface area contributed by atoms with E-state index in [0.717, 1.165) is 49.0 Å². The van der Waals surface area contributed by atoms with E-state index in [1.807, 2.05) is 4.68 Å². The molecule has 0 spiro atoms. The van der Waals surface area contributed by atoms with Crippen LogP contribution in [0.5, 0.6) is 0 Å². The number of likely N-dealkylation sites (N-methyl/N-ethyl adjacent to an activating group) is 1. The highest BCUT2D eigenvalue weighted by molar-refractivity contribution is 5.94. The maximum atomic E-state index is 12.9. The van der Waals surface area contributed by atoms with Crippen LogP contribution in [-0.4, -0.2) is 45.4 Å². The number of aromatic nitrogens is 2. The van der Waals surface area contributed by atoms with Crippen LogP contribution < -0.4 is 0 Å². The Bertz CT molecular complexity index is 790. The molecular weight excluding hydrogens is 314 g/mol. The number of benzene rings is 1. The van der Waals surface area contributed by atoms with E-state index >= 15 is 0 Å². The zero-order valence-corrected chi connectivity index (χ0v) is 14.9. The summed E-state index contributed by atoms with van der Waals surface area (Å²) in [6.45, 7) is 2.45. The van der Waals surface area contributed by atoms with Gasteiger partial charge in [0.05, 0.1) is 11.8 Å². The maximum absolute atomic E-state index is 12.9. The number of nitrogens with zero attached hydrogens (tertiary/aromatic N) is 3. The fourth-order valence-electron chi connectivity index (χ4n) is 3.68. The third kappa shape index (κ3) is 3.09. The van der Waals surface area contributed by atoms with Gasteiger partial charge in [-0.2, -0.15) is 5.10 Å². The predicted molar refractivity (Wildman–Crippen MR) is 96.0 cm³/mol. The summed E-state index contributed by atoms with van der Waals surface area (Å²) in [5, 5.41) is 14.8. The van der Waals surface area contributed by atoms with Crippen molar-refractivity contribution in [3.63, 3.8) is 0 Å². The number of hydrogen-bond acceptors (Lipinski definition) is 3. The summed E-state index contributed by atoms with van der Waals surface area (Å²) in [5.41, 5.74) is 5.00. The molecule has 0 unspecified atom stereocenters. The molecule has 1 saturated carbocycles. The number of hydrogen-bond donors (Lipinski definition) is 1. The number of aliphatic hydroxyl groups is 1. The third-order valence-corrected chi connectivity index (χ3v) is 5.39. The van der Waals surface area contributed by atoms with Crippen LogP contribution in [0.4, 0.5) is 0 Å². The SMILES string of the molecule is Cc1ccc(-n2nc(C(=O)N(C)C[C@@H](O)C3CC3)c3c2CCC3)cc1. The molecular formula is C20H25N3O2. The predicted octanol–water partition coefficient (Wildman–Crippen LogP) is 2.51. The van der Waals surface area contributed by atoms with Crippen LogP contribution >= 0.6 is 0 Å². The highest BCUT2D eigenvalue weighted by Gasteiger charge is 2.33. The monoisotopic (exact) mass is 339 g/mol. The van der Waals surface area contributed by atoms with Crippen LogP contribution in [0.3, 0.4) is 0 Å². The van der Waals surface area contributed by atoms with E-state index in [1.165, 1.54) is 5.56 Å². The molecule has 2 aromatic rings. The highest BCUT2D eigenvalue weighted by atomic mass is 16.3. The van der Waals surface area contributed by atoms with E-state index < -0.39 is 6.10 Å². The summed E-state index contributed by atoms with van der Waals surface area (Å²) >= 11 is 0. The van der Waals surface area contributed by atoms with E-state index in [2.05, 4.69) is 36.3 Å². The van der Waals surface area contributed by atoms with E-state index in [4.69, 9.17) is 0 Å². The van der Waals surface area contributed by atoms with Crippen LogP contribution in [0.15, 0.2) is 24.3 Å². The number of rotatable bonds is 5. The lowest BCUT2D eigenvalue weighted by Gasteiger charge is -2.20. The molecule has 4 rings (SSSR count). The number of aliphatic hydroxyl groups excluding tert-OH is 1. The van der Waals surface area contributed by atoms with Crippen molar-refractivity contribution in [1.82, 2.24) is 14.7 Å². The van der Waals surface area contributed by atoms with Crippen molar-refractivity contribution >= 4 is 5.91 Å². The molecule has 1 heterocycles. The van der Waals surface area contributed by atoms with E-state index in [1.54, 1.807) is 11.9 Å². The average molecular weight is 339 g/mol. The van der Waals surface area contributed by atoms with Gasteiger partial charge in [0.25, 0.3) is 5.91 Å². The number of carbonyl (C=O) groups excluding carboxylic acids is 1. The van der Waals surface area contributed by atoms with Crippen molar-refractivity contribution in [3.05, 3.63) is 46.8 Å². The minimum Gasteiger partial charge on any atom is -0.391 e. The van der Waals surface area contributed by atoms with Gasteiger partial charge in [-0.05, 0) is 57.1 Å². The van der Waals surface area contributed by atoms with Gasteiger partial charge in [0, 0.05) is 24.8 Å². The second-order valence-corrected chi connectivity index (χ2v) is 7.47. The summed E-state index contributed by atoms with van der Waals surface area (Å²) in [7, 11) is 1.76. The summed E-state index contributed by atoms with van der Waals surface area (Å²) in [6.07, 6.45) is 4.65. The van der Waals surface area contributed by atoms with Crippen LogP contribution in [0.25, 0.3) is 5.69 Å². The zero-order chi connectivity index (χ0) is 17.6. The molecule has 25 heavy (non-hydrogen) atoms. The van der Waals surface area contributed by atoms with Crippen molar-refractivity contribution in [3.8, 4) is 5.69 Å². The first-order valence-corrected chi connectivity index (χ1v) is 9.16. The Kier molecular flexibility index (Phi) is 4.12. The van der Waals surface area contributed by atoms with Gasteiger partial charge in [-0.15, -0.1) is 0 Å². The van der Waals surface area contributed by atoms with Gasteiger partial charge in [-0.25, -0.2) is 4.68 Å². The largest absolute Gasteiger partial charge is 0.391 e. The Hall–Kier alpha value is -2.14. The van der Waals surface area contributed by atoms with Gasteiger partial charge in [-0.3, -0.25) is 4.79 Å². The molecule has 0 saturated heterocycles. The first kappa shape index (κ1) is 16.3. The second kappa shape index (κ2) is 6.30. The Morgan fingerprint density at radius 3 is 2.72 bits per heavy atom. The summed E-state index contributed by atoms with van der Waals surface area (Å²) in [4.78, 5) is 14.5. The van der Waals surface area contributed by atoms with Gasteiger partial charge < -0.3 is 10.0 Å². The first-order valence-electron chi connectivity index (χ1n) is 9.16. The molecule has 2 aliphatic rings. The molecule has 132 valence electrons. The van der Waals surface area contributed by atoms with Crippen LogP contribution in [-0.2, 0) is 12.8 Å². The lowest BCUT2D eigenvalue weighted by molar-refractivity contribution is 0.0639. The molecule has 1 aromatic heterocycles. The van der Waals surface area contributed by atoms with Crippen molar-refractivity contribution < 1.29 is 9.90 Å². The summed E-state index contributed by atoms with van der Waals surface area (Å²) in [5.74, 6) is 0.287. The van der Waals surface area contributed by atoms with Crippen molar-refractivity contribution in [2.24, 2.45) is 5.92 Å². The Labute approximate surface area is 148 Å². The topological polar surface area (TPSA) is 58.4 Å². The fraction of sp³-hybridized carbons (Fsp3) is 0.500. The number of aryl methyl sites for hydroxylation is 1. The van der Waals surface area contributed by atoms with Crippen LogP contribution in [0, 0.1) is 12.8 Å². The Balaban J connectivity index is 1.62. The smallest absolute Gasteiger partial charge is 0.274 e. The van der Waals surface area contributed by atoms with Gasteiger partial charge in [0.2, 0.25) is 0 Å². The fourth-order valence-corrected chi connectivity index (χ4v) is 3.68. The normalized spacial score (nSPS) is 17.4. The second-order valence-electron chi connectivity index (χ2n) is 7.47. The molecule has 2 aliphatic carbocycles. The van der Waals surface area contributed by atoms with Gasteiger partial charge in [0.15, 0.2) is 5.69 Å². The zero-order valence-electron chi connectivity index (χ0n) is 14.9. The summed E-state index contributed by atoms with van der Waals surface area (Å²) < 4.78 is 1.93. The van der Waals surface area contributed by atoms with Gasteiger partial charge >= 0.3 is 0 Å². The van der Waals surface area contributed by atoms with Gasteiger partial charge in [-0.1, -0.05) is 17.7 Å². The van der Waals surface area contributed by atoms with E-state index in [-0.39, 0.29) is 5.91 Å². The van der Waals surface area contributed by atoms with Crippen molar-refractivity contribution in [2.45, 2.75) is 45.1 Å². The lowest BCUT2D eigenvalue weighted by Crippen LogP contribution is -2.35. The van der Waals surface area contributed by atoms with Crippen LogP contribution in [0.2, 0.25) is 0 Å². The van der Waals surface area contributed by atoms with Crippen molar-refractivity contribution in [2.75, 3.05) is 13.6 Å². The molecule has 5 heteroatoms. The molecule has 0 radical (unpaired) electrons. The molecule has 0 aliphatic heterocycles. The minimum atomic E-state index is -0.416. The van der Waals surface area contributed by atoms with Crippen LogP contribution in [0.1, 0.15) is 46.6 Å². The minimum absolute atomic E-state index is 0.0799. The van der Waals surface area contributed by atoms with Crippen molar-refractivity contribution in [1.29, 1.82) is 0 Å². The van der Waals surface area contributed by atoms with E-state index in [0.29, 0.717) is 18.2 Å². The molecule has 5 nitrogen and oxygen atoms in total. The Morgan fingerprint density at radius 1 is 1.32 bits per heavy atom. The maximum Gasteiger partial charge on any atom is 0.274 e. The molecule has 1 amide bonds. The van der Waals surface area contributed by atoms with E-state index in [9.17, 15) is 9.90 Å². The molecule has 1 atom stereocenters. The summed E-state index contributed by atoms with van der Waals surface area (Å²) in [6, 6.07) is 8.24. The Morgan fingerprint density at radius 2 is 2.04 bits per heavy atom. The third-order valence-electron chi connectivity index (χ3n) is 5.39. The standard InChI is InChI=1S/C20H25N3O2/c1-13-6-10-15(11-7-13)23-17-5-3-4-16(17)19(21-23)20(25)22(2)12-18(24)14-8-9-14/h6-7,10-11,14,18,24H,3-5,8-9,12H2,1-2H3/t18-/m1/s1. The number of carbonyl (C=O) groups is 1. The molecule has 1 aromatic carbocycles. The molecule has 1 fully saturated rings. The molecule has 0 bridgehead atoms. The number of fused-ring (bicyclic) bond motifs is 1.